The maximum Gasteiger partial charge on any atom is 0.240 e. The first-order chi connectivity index (χ1) is 46.8. The van der Waals surface area contributed by atoms with E-state index in [4.69, 9.17) is 9.47 Å². The number of carbonyl (C=O) groups is 3. The number of aromatic hydroxyl groups is 1. The van der Waals surface area contributed by atoms with E-state index in [9.17, 15) is 45.6 Å². The van der Waals surface area contributed by atoms with Crippen molar-refractivity contribution >= 4 is 39.4 Å². The molecule has 512 valence electrons. The van der Waals surface area contributed by atoms with E-state index in [1.165, 1.54) is 39.0 Å². The van der Waals surface area contributed by atoms with Crippen LogP contribution in [0.15, 0.2) is 125 Å². The lowest BCUT2D eigenvalue weighted by Crippen LogP contribution is -2.88. The maximum atomic E-state index is 17.3. The zero-order valence-electron chi connectivity index (χ0n) is 55.1. The van der Waals surface area contributed by atoms with E-state index >= 15 is 9.59 Å². The summed E-state index contributed by atoms with van der Waals surface area (Å²) >= 11 is 0. The van der Waals surface area contributed by atoms with Gasteiger partial charge in [-0.1, -0.05) is 88.7 Å². The highest BCUT2D eigenvalue weighted by Crippen LogP contribution is 2.82. The third-order valence-electron chi connectivity index (χ3n) is 30.2. The summed E-state index contributed by atoms with van der Waals surface area (Å²) in [7, 11) is 3.03. The van der Waals surface area contributed by atoms with Gasteiger partial charge in [0.2, 0.25) is 5.79 Å². The summed E-state index contributed by atoms with van der Waals surface area (Å²) in [6.45, 7) is -0.350. The minimum absolute atomic E-state index is 0.0139. The maximum absolute atomic E-state index is 17.3. The molecule has 6 spiro atoms. The molecule has 0 aromatic heterocycles. The molecular formula is C80H92N2O13S2. The lowest BCUT2D eigenvalue weighted by molar-refractivity contribution is -0.461. The van der Waals surface area contributed by atoms with Crippen molar-refractivity contribution in [2.45, 2.75) is 188 Å². The Hall–Kier alpha value is -5.21. The molecule has 10 N–H and O–H groups in total. The van der Waals surface area contributed by atoms with Gasteiger partial charge in [-0.2, -0.15) is 0 Å². The number of rotatable bonds is 7. The van der Waals surface area contributed by atoms with Crippen molar-refractivity contribution in [2.24, 2.45) is 92.2 Å². The zero-order chi connectivity index (χ0) is 66.2. The number of phenolic OH excluding ortho intramolecular Hbond substituents is 1. The van der Waals surface area contributed by atoms with Crippen LogP contribution in [0.25, 0.3) is 0 Å². The number of aliphatic hydroxyl groups excluding tert-OH is 5. The summed E-state index contributed by atoms with van der Waals surface area (Å²) in [4.78, 5) is 48.4. The fraction of sp³-hybridized carbons (Fsp3) is 0.613. The van der Waals surface area contributed by atoms with Gasteiger partial charge in [-0.3, -0.25) is 9.59 Å². The molecule has 0 unspecified atom stereocenters. The third-order valence-corrected chi connectivity index (χ3v) is 32.9. The van der Waals surface area contributed by atoms with Gasteiger partial charge in [-0.05, 0) is 255 Å². The Morgan fingerprint density at radius 1 is 0.773 bits per heavy atom. The summed E-state index contributed by atoms with van der Waals surface area (Å²) in [5, 5.41) is 109. The molecule has 23 atom stereocenters. The van der Waals surface area contributed by atoms with Crippen LogP contribution in [-0.4, -0.2) is 118 Å². The SMILES string of the molecule is O=C[C@@H]1C[C@]2(CC[C@]3(CC[C@H](Cc4cccc(O)c4)C3)C2)C[C@@]12C[C@@H]1C[C@H]3C[C@@H]4[C@@H]5CC[C@@]67Oc8cccc9c8C(=O)[C@@]8%10C(O)=CC(Cc%11cccc(CO)c%11)=C(/C=C\[C@H]%11CCC[C@@H]%12CC[C@H](C[C@]%12%11O)[C@H]8SSCNC8=CC(=C3CN8)[C@@]1(C2)[C@H]4[C@](O)([C@H](O)[C@@]5(CO)O6)[C@H]7O)[C@@H]%10C9=O. The van der Waals surface area contributed by atoms with Gasteiger partial charge in [0.05, 0.1) is 42.0 Å². The van der Waals surface area contributed by atoms with Crippen molar-refractivity contribution in [2.75, 3.05) is 19.0 Å². The van der Waals surface area contributed by atoms with Crippen LogP contribution in [0.4, 0.5) is 0 Å². The number of ketones is 2. The predicted octanol–water partition coefficient (Wildman–Crippen LogP) is 11.0. The Morgan fingerprint density at radius 2 is 1.61 bits per heavy atom. The number of fused-ring (bicyclic) bond motifs is 2. The van der Waals surface area contributed by atoms with Gasteiger partial charge in [0.1, 0.15) is 46.3 Å². The van der Waals surface area contributed by atoms with Crippen LogP contribution in [0.5, 0.6) is 11.5 Å². The van der Waals surface area contributed by atoms with Crippen LogP contribution in [-0.2, 0) is 29.0 Å². The van der Waals surface area contributed by atoms with Gasteiger partial charge in [0.25, 0.3) is 0 Å². The highest BCUT2D eigenvalue weighted by molar-refractivity contribution is 8.77. The Labute approximate surface area is 574 Å². The summed E-state index contributed by atoms with van der Waals surface area (Å²) in [6, 6.07) is 20.2. The molecule has 0 amide bonds. The fourth-order valence-corrected chi connectivity index (χ4v) is 30.1. The monoisotopic (exact) mass is 1350 g/mol. The van der Waals surface area contributed by atoms with Gasteiger partial charge in [0, 0.05) is 46.9 Å². The number of Topliss-reactive ketones (excluding diaryl/α,β-unsaturated/α-hetero) is 2. The highest BCUT2D eigenvalue weighted by atomic mass is 33.1. The Bertz CT molecular complexity index is 4050. The number of benzene rings is 3. The van der Waals surface area contributed by atoms with Crippen LogP contribution in [0.3, 0.4) is 0 Å². The second-order valence-electron chi connectivity index (χ2n) is 34.3. The van der Waals surface area contributed by atoms with E-state index in [1.807, 2.05) is 42.5 Å². The molecule has 97 heavy (non-hydrogen) atoms. The van der Waals surface area contributed by atoms with Crippen molar-refractivity contribution in [3.05, 3.63) is 153 Å². The number of allylic oxidation sites excluding steroid dienone is 7. The lowest BCUT2D eigenvalue weighted by atomic mass is 9.42. The summed E-state index contributed by atoms with van der Waals surface area (Å²) in [5.41, 5.74) is -2.16. The molecule has 20 rings (SSSR count). The first-order valence-corrected chi connectivity index (χ1v) is 39.2. The van der Waals surface area contributed by atoms with Crippen molar-refractivity contribution in [1.29, 1.82) is 0 Å². The standard InChI is InChI=1S/C80H92N2O13S2/c83-36-46-7-1-5-43(24-46)25-48-29-62(87)79-65-55(48)16-15-51-9-3-8-50-14-13-47(32-76(50,51)92)69(79)97-96-42-82-63-30-60-58(35-81-63)49-27-52-34-74(39-73(33-53(74)37-84)22-21-72(38-73)19-17-45(31-72)23-44-6-2-10-54(86)26-44)40-75(52,60)67-57(28-49)59-18-20-78(71(91)80(67,93)70(90)77(59,41-85)95-78)94-61-12-4-11-56(66(65)88)64(61)68(79)89/h1-2,4-7,10-12,15-16,24,26,29-30,37,45,47,49-53,57,59,65,67,69-71,81-83,85-87,90-93H,3,8-9,13-14,17-23,25,27-28,31-36,38-42H2/b16-15-/t45-,47-,49+,50-,51-,52+,53+,57-,59+,65-,67+,69-,70-,71+,72+,73+,74-,75+,76+,77+,78-,79+,80+/m1/s1. The number of carbonyl (C=O) groups excluding carboxylic acids is 3. The third kappa shape index (κ3) is 8.41. The number of hydrogen-bond acceptors (Lipinski definition) is 17. The number of ether oxygens (including phenoxy) is 2. The van der Waals surface area contributed by atoms with Gasteiger partial charge in [0.15, 0.2) is 17.7 Å². The number of phenols is 1. The molecule has 3 aromatic rings. The topological polar surface area (TPSA) is 256 Å². The average Bonchev–Trinajstić information content (AvgIpc) is 1.60. The quantitative estimate of drug-likeness (QED) is 0.0779. The molecule has 15 nitrogen and oxygen atoms in total. The molecule has 3 aromatic carbocycles. The van der Waals surface area contributed by atoms with Crippen LogP contribution < -0.4 is 15.4 Å². The molecule has 4 aliphatic heterocycles. The van der Waals surface area contributed by atoms with Gasteiger partial charge < -0.3 is 65.8 Å². The summed E-state index contributed by atoms with van der Waals surface area (Å²) in [5.74, 6) is -5.24. The normalized spacial score (nSPS) is 47.1. The minimum atomic E-state index is -2.40. The van der Waals surface area contributed by atoms with Crippen molar-refractivity contribution in [3.63, 3.8) is 0 Å². The molecule has 2 saturated heterocycles. The molecule has 10 fully saturated rings. The molecule has 13 aliphatic carbocycles. The second kappa shape index (κ2) is 21.7. The molecule has 13 bridgehead atoms. The second-order valence-corrected chi connectivity index (χ2v) is 36.8. The first kappa shape index (κ1) is 62.8. The van der Waals surface area contributed by atoms with Crippen LogP contribution in [0.2, 0.25) is 0 Å². The van der Waals surface area contributed by atoms with Crippen LogP contribution >= 0.6 is 21.6 Å². The first-order valence-electron chi connectivity index (χ1n) is 36.8. The van der Waals surface area contributed by atoms with Crippen molar-refractivity contribution < 1.29 is 64.7 Å². The zero-order valence-corrected chi connectivity index (χ0v) is 56.8. The Kier molecular flexibility index (Phi) is 14.0. The minimum Gasteiger partial charge on any atom is -0.511 e. The number of hydrogen-bond donors (Lipinski definition) is 10. The van der Waals surface area contributed by atoms with E-state index < -0.39 is 92.2 Å². The number of aliphatic hydroxyl groups is 7. The van der Waals surface area contributed by atoms with Crippen molar-refractivity contribution in [3.8, 4) is 11.5 Å². The largest absolute Gasteiger partial charge is 0.511 e. The van der Waals surface area contributed by atoms with E-state index in [2.05, 4.69) is 28.9 Å². The molecular weight excluding hydrogens is 1260 g/mol. The van der Waals surface area contributed by atoms with E-state index in [1.54, 1.807) is 30.3 Å². The van der Waals surface area contributed by atoms with Gasteiger partial charge in [-0.25, -0.2) is 0 Å². The Morgan fingerprint density at radius 3 is 2.45 bits per heavy atom. The average molecular weight is 1350 g/mol. The number of nitrogens with one attached hydrogen (secondary N) is 2. The number of aldehydes is 1. The smallest absolute Gasteiger partial charge is 0.240 e. The highest BCUT2D eigenvalue weighted by Gasteiger charge is 2.85. The summed E-state index contributed by atoms with van der Waals surface area (Å²) < 4.78 is 14.7. The van der Waals surface area contributed by atoms with E-state index in [0.29, 0.717) is 79.3 Å². The number of dihydropyridines is 1. The molecule has 4 heterocycles. The fourth-order valence-electron chi connectivity index (χ4n) is 27.0. The molecule has 17 aliphatic rings. The molecule has 8 saturated carbocycles. The van der Waals surface area contributed by atoms with Crippen molar-refractivity contribution in [1.82, 2.24) is 10.6 Å². The molecule has 17 heteroatoms. The lowest BCUT2D eigenvalue weighted by Gasteiger charge is -2.72. The van der Waals surface area contributed by atoms with Gasteiger partial charge in [-0.15, -0.1) is 0 Å². The van der Waals surface area contributed by atoms with Crippen LogP contribution in [0.1, 0.15) is 166 Å². The molecule has 0 radical (unpaired) electrons. The van der Waals surface area contributed by atoms with E-state index in [-0.39, 0.29) is 94.3 Å². The van der Waals surface area contributed by atoms with E-state index in [0.717, 1.165) is 107 Å². The van der Waals surface area contributed by atoms with Gasteiger partial charge >= 0.3 is 0 Å². The van der Waals surface area contributed by atoms with Crippen LogP contribution in [0, 0.1) is 92.2 Å². The summed E-state index contributed by atoms with van der Waals surface area (Å²) in [6.07, 6.45) is 22.6. The Balaban J connectivity index is 0.765. The predicted molar refractivity (Wildman–Crippen MR) is 365 cm³/mol.